The van der Waals surface area contributed by atoms with Crippen LogP contribution in [0.5, 0.6) is 11.5 Å². The number of piperidine rings is 1. The van der Waals surface area contributed by atoms with Gasteiger partial charge in [-0.15, -0.1) is 0 Å². The second-order valence-corrected chi connectivity index (χ2v) is 8.33. The van der Waals surface area contributed by atoms with E-state index in [0.29, 0.717) is 6.04 Å². The van der Waals surface area contributed by atoms with Crippen LogP contribution >= 0.6 is 0 Å². The van der Waals surface area contributed by atoms with Crippen LogP contribution in [0.15, 0.2) is 48.5 Å². The van der Waals surface area contributed by atoms with Crippen LogP contribution in [-0.2, 0) is 6.54 Å². The van der Waals surface area contributed by atoms with Gasteiger partial charge in [-0.25, -0.2) is 0 Å². The molecule has 2 fully saturated rings. The van der Waals surface area contributed by atoms with E-state index in [1.54, 1.807) is 7.11 Å². The summed E-state index contributed by atoms with van der Waals surface area (Å²) in [7, 11) is 1.72. The Labute approximate surface area is 181 Å². The Morgan fingerprint density at radius 2 is 1.73 bits per heavy atom. The van der Waals surface area contributed by atoms with Crippen molar-refractivity contribution in [3.8, 4) is 11.5 Å². The molecule has 5 nitrogen and oxygen atoms in total. The lowest BCUT2D eigenvalue weighted by Crippen LogP contribution is -2.55. The van der Waals surface area contributed by atoms with E-state index >= 15 is 0 Å². The van der Waals surface area contributed by atoms with Gasteiger partial charge >= 0.3 is 0 Å². The zero-order chi connectivity index (χ0) is 20.8. The normalized spacial score (nSPS) is 20.9. The molecule has 0 saturated carbocycles. The van der Waals surface area contributed by atoms with E-state index in [2.05, 4.69) is 57.2 Å². The molecular formula is C25H35N3O2. The Morgan fingerprint density at radius 3 is 2.47 bits per heavy atom. The first kappa shape index (κ1) is 21.0. The summed E-state index contributed by atoms with van der Waals surface area (Å²) in [5, 5.41) is 0. The molecule has 0 radical (unpaired) electrons. The summed E-state index contributed by atoms with van der Waals surface area (Å²) < 4.78 is 11.0. The van der Waals surface area contributed by atoms with Crippen LogP contribution in [0.4, 0.5) is 5.69 Å². The van der Waals surface area contributed by atoms with Crippen molar-refractivity contribution in [2.24, 2.45) is 0 Å². The number of anilines is 1. The molecule has 0 spiro atoms. The average Bonchev–Trinajstić information content (AvgIpc) is 2.80. The summed E-state index contributed by atoms with van der Waals surface area (Å²) in [6.45, 7) is 10.6. The quantitative estimate of drug-likeness (QED) is 0.692. The third-order valence-electron chi connectivity index (χ3n) is 6.36. The maximum Gasteiger partial charge on any atom is 0.119 e. The predicted molar refractivity (Wildman–Crippen MR) is 123 cm³/mol. The minimum atomic E-state index is 0.673. The minimum absolute atomic E-state index is 0.673. The predicted octanol–water partition coefficient (Wildman–Crippen LogP) is 3.88. The summed E-state index contributed by atoms with van der Waals surface area (Å²) in [4.78, 5) is 7.83. The molecule has 2 heterocycles. The SMILES string of the molecule is CCOc1cccc(CN2CCC[C@H](N3CCN(c4ccc(OC)cc4)CC3)C2)c1. The van der Waals surface area contributed by atoms with E-state index in [1.807, 2.05) is 13.0 Å². The molecule has 4 rings (SSSR count). The van der Waals surface area contributed by atoms with Gasteiger partial charge in [0.25, 0.3) is 0 Å². The van der Waals surface area contributed by atoms with Crippen molar-refractivity contribution in [2.45, 2.75) is 32.4 Å². The highest BCUT2D eigenvalue weighted by Crippen LogP contribution is 2.24. The Balaban J connectivity index is 1.29. The number of benzene rings is 2. The fourth-order valence-electron chi connectivity index (χ4n) is 4.77. The minimum Gasteiger partial charge on any atom is -0.497 e. The molecule has 30 heavy (non-hydrogen) atoms. The van der Waals surface area contributed by atoms with Crippen molar-refractivity contribution < 1.29 is 9.47 Å². The number of ether oxygens (including phenoxy) is 2. The molecular weight excluding hydrogens is 374 g/mol. The number of hydrogen-bond acceptors (Lipinski definition) is 5. The first-order chi connectivity index (χ1) is 14.7. The smallest absolute Gasteiger partial charge is 0.119 e. The summed E-state index contributed by atoms with van der Waals surface area (Å²) in [5.41, 5.74) is 2.65. The van der Waals surface area contributed by atoms with Gasteiger partial charge in [0.1, 0.15) is 11.5 Å². The summed E-state index contributed by atoms with van der Waals surface area (Å²) in [6, 6.07) is 17.7. The number of likely N-dealkylation sites (tertiary alicyclic amines) is 1. The fraction of sp³-hybridized carbons (Fsp3) is 0.520. The van der Waals surface area contributed by atoms with Crippen molar-refractivity contribution in [3.05, 3.63) is 54.1 Å². The third kappa shape index (κ3) is 5.27. The second kappa shape index (κ2) is 10.2. The van der Waals surface area contributed by atoms with Gasteiger partial charge in [-0.3, -0.25) is 9.80 Å². The zero-order valence-electron chi connectivity index (χ0n) is 18.4. The lowest BCUT2D eigenvalue weighted by atomic mass is 10.0. The first-order valence-electron chi connectivity index (χ1n) is 11.3. The lowest BCUT2D eigenvalue weighted by molar-refractivity contribution is 0.0887. The van der Waals surface area contributed by atoms with E-state index in [9.17, 15) is 0 Å². The first-order valence-corrected chi connectivity index (χ1v) is 11.3. The number of methoxy groups -OCH3 is 1. The molecule has 0 aromatic heterocycles. The monoisotopic (exact) mass is 409 g/mol. The Hall–Kier alpha value is -2.24. The van der Waals surface area contributed by atoms with Crippen LogP contribution in [0.25, 0.3) is 0 Å². The van der Waals surface area contributed by atoms with Gasteiger partial charge in [0.05, 0.1) is 13.7 Å². The van der Waals surface area contributed by atoms with E-state index in [1.165, 1.54) is 37.2 Å². The molecule has 0 aliphatic carbocycles. The van der Waals surface area contributed by atoms with Crippen molar-refractivity contribution >= 4 is 5.69 Å². The van der Waals surface area contributed by atoms with Gasteiger partial charge in [-0.1, -0.05) is 12.1 Å². The van der Waals surface area contributed by atoms with Gasteiger partial charge in [0, 0.05) is 51.0 Å². The van der Waals surface area contributed by atoms with Crippen molar-refractivity contribution in [2.75, 3.05) is 57.9 Å². The number of hydrogen-bond donors (Lipinski definition) is 0. The van der Waals surface area contributed by atoms with Crippen LogP contribution < -0.4 is 14.4 Å². The molecule has 0 N–H and O–H groups in total. The lowest BCUT2D eigenvalue weighted by Gasteiger charge is -2.44. The molecule has 5 heteroatoms. The van der Waals surface area contributed by atoms with Gasteiger partial charge < -0.3 is 14.4 Å². The highest BCUT2D eigenvalue weighted by atomic mass is 16.5. The van der Waals surface area contributed by atoms with Crippen LogP contribution in [-0.4, -0.2) is 68.8 Å². The molecule has 2 aliphatic rings. The molecule has 2 saturated heterocycles. The standard InChI is InChI=1S/C25H35N3O2/c1-3-30-25-8-4-6-21(18-25)19-26-13-5-7-23(20-26)28-16-14-27(15-17-28)22-9-11-24(29-2)12-10-22/h4,6,8-12,18,23H,3,5,7,13-17,19-20H2,1-2H3/t23-/m0/s1. The molecule has 162 valence electrons. The van der Waals surface area contributed by atoms with Crippen LogP contribution in [0.3, 0.4) is 0 Å². The zero-order valence-corrected chi connectivity index (χ0v) is 18.4. The second-order valence-electron chi connectivity index (χ2n) is 8.33. The van der Waals surface area contributed by atoms with E-state index in [-0.39, 0.29) is 0 Å². The summed E-state index contributed by atoms with van der Waals surface area (Å²) in [6.07, 6.45) is 2.60. The highest BCUT2D eigenvalue weighted by molar-refractivity contribution is 5.49. The van der Waals surface area contributed by atoms with E-state index in [4.69, 9.17) is 9.47 Å². The van der Waals surface area contributed by atoms with Crippen LogP contribution in [0, 0.1) is 0 Å². The van der Waals surface area contributed by atoms with Gasteiger partial charge in [0.15, 0.2) is 0 Å². The van der Waals surface area contributed by atoms with Crippen molar-refractivity contribution in [1.29, 1.82) is 0 Å². The Kier molecular flexibility index (Phi) is 7.13. The molecule has 1 atom stereocenters. The van der Waals surface area contributed by atoms with Gasteiger partial charge in [0.2, 0.25) is 0 Å². The summed E-state index contributed by atoms with van der Waals surface area (Å²) >= 11 is 0. The van der Waals surface area contributed by atoms with Crippen molar-refractivity contribution in [3.63, 3.8) is 0 Å². The average molecular weight is 410 g/mol. The van der Waals surface area contributed by atoms with E-state index < -0.39 is 0 Å². The summed E-state index contributed by atoms with van der Waals surface area (Å²) in [5.74, 6) is 1.91. The molecule has 0 unspecified atom stereocenters. The Bertz CT molecular complexity index is 787. The molecule has 0 amide bonds. The molecule has 0 bridgehead atoms. The maximum atomic E-state index is 5.67. The van der Waals surface area contributed by atoms with Crippen LogP contribution in [0.1, 0.15) is 25.3 Å². The highest BCUT2D eigenvalue weighted by Gasteiger charge is 2.28. The fourth-order valence-corrected chi connectivity index (χ4v) is 4.77. The largest absolute Gasteiger partial charge is 0.497 e. The molecule has 2 aromatic carbocycles. The van der Waals surface area contributed by atoms with Crippen LogP contribution in [0.2, 0.25) is 0 Å². The van der Waals surface area contributed by atoms with E-state index in [0.717, 1.165) is 50.8 Å². The topological polar surface area (TPSA) is 28.2 Å². The number of nitrogens with zero attached hydrogens (tertiary/aromatic N) is 3. The molecule has 2 aliphatic heterocycles. The van der Waals surface area contributed by atoms with Gasteiger partial charge in [-0.05, 0) is 68.3 Å². The van der Waals surface area contributed by atoms with Gasteiger partial charge in [-0.2, -0.15) is 0 Å². The Morgan fingerprint density at radius 1 is 0.933 bits per heavy atom. The molecule has 2 aromatic rings. The van der Waals surface area contributed by atoms with Crippen molar-refractivity contribution in [1.82, 2.24) is 9.80 Å². The maximum absolute atomic E-state index is 5.67. The number of rotatable bonds is 7. The third-order valence-corrected chi connectivity index (χ3v) is 6.36. The number of piperazine rings is 1.